The number of carbonyl (C=O) groups is 1. The van der Waals surface area contributed by atoms with Crippen molar-refractivity contribution in [2.45, 2.75) is 13.0 Å². The highest BCUT2D eigenvalue weighted by atomic mass is 16.5. The first-order valence-corrected chi connectivity index (χ1v) is 12.5. The number of nitrogen functional groups attached to an aromatic ring is 1. The van der Waals surface area contributed by atoms with Gasteiger partial charge in [-0.15, -0.1) is 5.10 Å². The fourth-order valence-electron chi connectivity index (χ4n) is 4.05. The molecular weight excluding hydrogens is 514 g/mol. The summed E-state index contributed by atoms with van der Waals surface area (Å²) in [6, 6.07) is 18.2. The molecule has 1 aromatic heterocycles. The summed E-state index contributed by atoms with van der Waals surface area (Å²) in [7, 11) is 1.59. The minimum absolute atomic E-state index is 0.0512. The summed E-state index contributed by atoms with van der Waals surface area (Å²) >= 11 is 0. The van der Waals surface area contributed by atoms with Crippen molar-refractivity contribution in [3.63, 3.8) is 0 Å². The van der Waals surface area contributed by atoms with Gasteiger partial charge in [0, 0.05) is 18.4 Å². The molecule has 0 radical (unpaired) electrons. The largest absolute Gasteiger partial charge is 0.490 e. The molecule has 0 aliphatic rings. The highest BCUT2D eigenvalue weighted by Crippen LogP contribution is 2.34. The molecule has 12 nitrogen and oxygen atoms in total. The van der Waals surface area contributed by atoms with E-state index in [-0.39, 0.29) is 22.9 Å². The van der Waals surface area contributed by atoms with Gasteiger partial charge in [0.25, 0.3) is 5.91 Å². The maximum absolute atomic E-state index is 13.1. The number of methoxy groups -OCH3 is 1. The van der Waals surface area contributed by atoms with Gasteiger partial charge < -0.3 is 31.0 Å². The summed E-state index contributed by atoms with van der Waals surface area (Å²) in [5.74, 6) is 0.593. The van der Waals surface area contributed by atoms with Crippen molar-refractivity contribution in [1.82, 2.24) is 14.8 Å². The first kappa shape index (κ1) is 27.9. The lowest BCUT2D eigenvalue weighted by molar-refractivity contribution is 0.1000. The van der Waals surface area contributed by atoms with Gasteiger partial charge in [0.15, 0.2) is 17.3 Å². The fourth-order valence-corrected chi connectivity index (χ4v) is 4.05. The van der Waals surface area contributed by atoms with Crippen molar-refractivity contribution in [2.24, 2.45) is 11.5 Å². The summed E-state index contributed by atoms with van der Waals surface area (Å²) in [6.07, 6.45) is 0. The third-order valence-electron chi connectivity index (χ3n) is 5.96. The molecule has 40 heavy (non-hydrogen) atoms. The van der Waals surface area contributed by atoms with Gasteiger partial charge in [-0.3, -0.25) is 15.2 Å². The smallest absolute Gasteiger partial charge is 0.348 e. The zero-order chi connectivity index (χ0) is 28.6. The van der Waals surface area contributed by atoms with E-state index in [1.165, 1.54) is 6.07 Å². The summed E-state index contributed by atoms with van der Waals surface area (Å²) in [5.41, 5.74) is 13.0. The maximum atomic E-state index is 13.1. The molecule has 0 saturated heterocycles. The van der Waals surface area contributed by atoms with E-state index in [1.54, 1.807) is 55.6 Å². The molecule has 1 unspecified atom stereocenters. The van der Waals surface area contributed by atoms with Gasteiger partial charge in [-0.2, -0.15) is 4.68 Å². The van der Waals surface area contributed by atoms with E-state index >= 15 is 0 Å². The third-order valence-corrected chi connectivity index (χ3v) is 5.96. The number of H-pyrrole nitrogens is 1. The number of aromatic nitrogens is 3. The Hall–Kier alpha value is -5.10. The monoisotopic (exact) mass is 545 g/mol. The van der Waals surface area contributed by atoms with Crippen molar-refractivity contribution >= 4 is 17.4 Å². The molecular formula is C28H31N7O5. The predicted octanol–water partition coefficient (Wildman–Crippen LogP) is 2.57. The van der Waals surface area contributed by atoms with E-state index in [1.807, 2.05) is 19.1 Å². The number of ether oxygens (including phenoxy) is 3. The van der Waals surface area contributed by atoms with E-state index in [9.17, 15) is 9.59 Å². The number of amides is 1. The van der Waals surface area contributed by atoms with Crippen LogP contribution >= 0.6 is 0 Å². The minimum Gasteiger partial charge on any atom is -0.490 e. The number of carbonyl (C=O) groups excluding carboxylic acids is 1. The SMILES string of the molecule is CCOc1cc(C(Nc2ccc(C(=N)N)cc2)c2nn(-c3ccccc3C(N)=O)c(=O)[nH]2)ccc1OCCOC. The zero-order valence-electron chi connectivity index (χ0n) is 22.1. The maximum Gasteiger partial charge on any atom is 0.348 e. The van der Waals surface area contributed by atoms with Gasteiger partial charge in [-0.25, -0.2) is 4.79 Å². The van der Waals surface area contributed by atoms with Crippen molar-refractivity contribution in [3.8, 4) is 17.2 Å². The molecule has 0 aliphatic carbocycles. The molecule has 1 heterocycles. The Labute approximate surface area is 230 Å². The van der Waals surface area contributed by atoms with E-state index in [0.717, 1.165) is 4.68 Å². The van der Waals surface area contributed by atoms with Crippen molar-refractivity contribution < 1.29 is 19.0 Å². The standard InChI is InChI=1S/C28H31N7O5/c1-3-39-23-16-18(10-13-22(23)40-15-14-38-2)24(32-19-11-8-17(9-12-19)25(29)30)27-33-28(37)35(34-27)21-7-5-4-6-20(21)26(31)36/h4-13,16,24,32H,3,14-15H2,1-2H3,(H3,29,30)(H2,31,36)(H,33,34,37). The Kier molecular flexibility index (Phi) is 8.82. The summed E-state index contributed by atoms with van der Waals surface area (Å²) in [4.78, 5) is 27.9. The van der Waals surface area contributed by atoms with E-state index < -0.39 is 17.6 Å². The van der Waals surface area contributed by atoms with Gasteiger partial charge in [0.05, 0.1) is 24.5 Å². The normalized spacial score (nSPS) is 11.6. The van der Waals surface area contributed by atoms with Gasteiger partial charge in [0.2, 0.25) is 0 Å². The molecule has 1 atom stereocenters. The topological polar surface area (TPSA) is 183 Å². The van der Waals surface area contributed by atoms with E-state index in [2.05, 4.69) is 15.4 Å². The second-order valence-electron chi connectivity index (χ2n) is 8.66. The third kappa shape index (κ3) is 6.30. The summed E-state index contributed by atoms with van der Waals surface area (Å²) in [6.45, 7) is 3.04. The van der Waals surface area contributed by atoms with Crippen LogP contribution in [-0.4, -0.2) is 53.4 Å². The number of hydrogen-bond acceptors (Lipinski definition) is 8. The van der Waals surface area contributed by atoms with Crippen molar-refractivity contribution in [2.75, 3.05) is 32.2 Å². The summed E-state index contributed by atoms with van der Waals surface area (Å²) in [5, 5.41) is 15.6. The van der Waals surface area contributed by atoms with Crippen LogP contribution in [0.4, 0.5) is 5.69 Å². The van der Waals surface area contributed by atoms with E-state index in [0.29, 0.717) is 48.1 Å². The zero-order valence-corrected chi connectivity index (χ0v) is 22.1. The molecule has 1 amide bonds. The number of rotatable bonds is 13. The second-order valence-corrected chi connectivity index (χ2v) is 8.66. The quantitative estimate of drug-likeness (QED) is 0.0964. The van der Waals surface area contributed by atoms with Crippen molar-refractivity contribution in [1.29, 1.82) is 5.41 Å². The Morgan fingerprint density at radius 1 is 1.05 bits per heavy atom. The van der Waals surface area contributed by atoms with Crippen LogP contribution in [0, 0.1) is 5.41 Å². The predicted molar refractivity (Wildman–Crippen MR) is 151 cm³/mol. The van der Waals surface area contributed by atoms with Crippen LogP contribution < -0.4 is 31.9 Å². The number of para-hydroxylation sites is 1. The highest BCUT2D eigenvalue weighted by Gasteiger charge is 2.23. The molecule has 0 spiro atoms. The number of hydrogen-bond donors (Lipinski definition) is 5. The lowest BCUT2D eigenvalue weighted by Crippen LogP contribution is -2.21. The minimum atomic E-state index is -0.683. The molecule has 7 N–H and O–H groups in total. The Bertz CT molecular complexity index is 1550. The number of benzene rings is 3. The first-order chi connectivity index (χ1) is 19.3. The number of nitrogens with one attached hydrogen (secondary N) is 3. The van der Waals surface area contributed by atoms with Gasteiger partial charge >= 0.3 is 5.69 Å². The second kappa shape index (κ2) is 12.6. The average molecular weight is 546 g/mol. The van der Waals surface area contributed by atoms with Crippen LogP contribution in [-0.2, 0) is 4.74 Å². The number of anilines is 1. The molecule has 0 fully saturated rings. The number of aromatic amines is 1. The van der Waals surface area contributed by atoms with E-state index in [4.69, 9.17) is 31.1 Å². The fraction of sp³-hybridized carbons (Fsp3) is 0.214. The Morgan fingerprint density at radius 3 is 2.48 bits per heavy atom. The van der Waals surface area contributed by atoms with Crippen molar-refractivity contribution in [3.05, 3.63) is 99.7 Å². The lowest BCUT2D eigenvalue weighted by atomic mass is 10.0. The molecule has 4 rings (SSSR count). The molecule has 0 bridgehead atoms. The Morgan fingerprint density at radius 2 is 1.80 bits per heavy atom. The van der Waals surface area contributed by atoms with Crippen LogP contribution in [0.3, 0.4) is 0 Å². The first-order valence-electron chi connectivity index (χ1n) is 12.5. The van der Waals surface area contributed by atoms with Crippen LogP contribution in [0.1, 0.15) is 40.3 Å². The number of primary amides is 1. The van der Waals surface area contributed by atoms with Gasteiger partial charge in [-0.1, -0.05) is 18.2 Å². The molecule has 3 aromatic carbocycles. The number of amidine groups is 1. The molecule has 0 aliphatic heterocycles. The number of nitrogens with two attached hydrogens (primary N) is 2. The summed E-state index contributed by atoms with van der Waals surface area (Å²) < 4.78 is 17.8. The van der Waals surface area contributed by atoms with Crippen LogP contribution in [0.5, 0.6) is 11.5 Å². The van der Waals surface area contributed by atoms with Crippen LogP contribution in [0.2, 0.25) is 0 Å². The average Bonchev–Trinajstić information content (AvgIpc) is 3.34. The molecule has 4 aromatic rings. The molecule has 208 valence electrons. The lowest BCUT2D eigenvalue weighted by Gasteiger charge is -2.20. The van der Waals surface area contributed by atoms with Gasteiger partial charge in [0.1, 0.15) is 18.5 Å². The molecule has 0 saturated carbocycles. The van der Waals surface area contributed by atoms with Crippen LogP contribution in [0.25, 0.3) is 5.69 Å². The molecule has 12 heteroatoms. The van der Waals surface area contributed by atoms with Crippen LogP contribution in [0.15, 0.2) is 71.5 Å². The number of nitrogens with zero attached hydrogens (tertiary/aromatic N) is 2. The highest BCUT2D eigenvalue weighted by molar-refractivity contribution is 5.96. The Balaban J connectivity index is 1.79. The van der Waals surface area contributed by atoms with Gasteiger partial charge in [-0.05, 0) is 61.0 Å².